The van der Waals surface area contributed by atoms with Crippen molar-refractivity contribution in [3.05, 3.63) is 227 Å². The van der Waals surface area contributed by atoms with Crippen LogP contribution in [0.1, 0.15) is 76.2 Å². The molecule has 3 atom stereocenters. The molecule has 0 fully saturated rings. The summed E-state index contributed by atoms with van der Waals surface area (Å²) in [6.45, 7) is 0. The third kappa shape index (κ3) is 8.53. The van der Waals surface area contributed by atoms with E-state index in [0.29, 0.717) is 12.0 Å². The largest absolute Gasteiger partial charge is 0.456 e. The maximum atomic E-state index is 6.15. The molecule has 0 saturated heterocycles. The smallest absolute Gasteiger partial charge is 0.207 e. The van der Waals surface area contributed by atoms with Crippen molar-refractivity contribution in [1.29, 1.82) is 0 Å². The van der Waals surface area contributed by atoms with Crippen LogP contribution in [0.25, 0.3) is 38.6 Å². The number of allylic oxidation sites excluding steroid dienone is 19. The monoisotopic (exact) mass is 847 g/mol. The molecule has 65 heavy (non-hydrogen) atoms. The summed E-state index contributed by atoms with van der Waals surface area (Å²) < 4.78 is 8.77. The summed E-state index contributed by atoms with van der Waals surface area (Å²) in [7, 11) is 2.35. The summed E-state index contributed by atoms with van der Waals surface area (Å²) in [5.41, 5.74) is 18.3. The predicted octanol–water partition coefficient (Wildman–Crippen LogP) is 15.7. The van der Waals surface area contributed by atoms with Crippen molar-refractivity contribution in [1.82, 2.24) is 0 Å². The van der Waals surface area contributed by atoms with Gasteiger partial charge in [0.05, 0.1) is 6.04 Å². The molecule has 322 valence electrons. The van der Waals surface area contributed by atoms with Gasteiger partial charge in [0, 0.05) is 46.1 Å². The molecule has 11 rings (SSSR count). The Morgan fingerprint density at radius 1 is 0.585 bits per heavy atom. The first-order valence-electron chi connectivity index (χ1n) is 24.2. The van der Waals surface area contributed by atoms with E-state index in [9.17, 15) is 0 Å². The molecule has 0 saturated carbocycles. The lowest BCUT2D eigenvalue weighted by Crippen LogP contribution is -2.36. The molecule has 0 radical (unpaired) electrons. The Kier molecular flexibility index (Phi) is 11.6. The summed E-state index contributed by atoms with van der Waals surface area (Å²) in [6.07, 6.45) is 48.1. The lowest BCUT2D eigenvalue weighted by atomic mass is 9.82. The van der Waals surface area contributed by atoms with Crippen LogP contribution in [0.3, 0.4) is 0 Å². The Morgan fingerprint density at radius 2 is 1.35 bits per heavy atom. The first-order valence-corrected chi connectivity index (χ1v) is 24.2. The molecule has 6 aliphatic rings. The third-order valence-electron chi connectivity index (χ3n) is 14.7. The Balaban J connectivity index is 0.871. The standard InChI is InChI=1S/C62H59N2O/c1-63-59(50-16-7-3-8-17-50)22-13-20-52(43-60(63)51-18-9-4-10-19-51)48-26-24-45(25-27-48)47-30-37-55(38-31-47)64(54-35-28-46(29-36-54)44-14-5-2-6-15-44)56-39-32-49(33-40-56)53-34-41-62-58(42-53)57-21-11-12-23-61(57)65-62/h2-3,5-9,11-12,14-16,18-19,21,23-24,26,28-30,32-35,37,39-43,50,54,59H,4,10,13,17,20,22,25,27,31,36,38H2,1H3/q+1. The first-order chi connectivity index (χ1) is 32.1. The Labute approximate surface area is 385 Å². The van der Waals surface area contributed by atoms with Gasteiger partial charge in [-0.1, -0.05) is 146 Å². The molecule has 3 nitrogen and oxygen atoms in total. The van der Waals surface area contributed by atoms with Crippen LogP contribution in [0.5, 0.6) is 0 Å². The zero-order chi connectivity index (χ0) is 43.5. The van der Waals surface area contributed by atoms with Crippen LogP contribution in [0.4, 0.5) is 5.69 Å². The summed E-state index contributed by atoms with van der Waals surface area (Å²) in [5.74, 6) is 0.563. The maximum absolute atomic E-state index is 6.15. The van der Waals surface area contributed by atoms with Gasteiger partial charge in [0.25, 0.3) is 0 Å². The topological polar surface area (TPSA) is 19.4 Å². The fourth-order valence-corrected chi connectivity index (χ4v) is 11.1. The number of anilines is 1. The number of nitrogens with zero attached hydrogens (tertiary/aromatic N) is 2. The van der Waals surface area contributed by atoms with Crippen LogP contribution < -0.4 is 4.90 Å². The van der Waals surface area contributed by atoms with Crippen molar-refractivity contribution in [2.45, 2.75) is 82.7 Å². The van der Waals surface area contributed by atoms with E-state index in [1.54, 1.807) is 0 Å². The molecule has 0 N–H and O–H groups in total. The molecule has 3 heteroatoms. The summed E-state index contributed by atoms with van der Waals surface area (Å²) in [5, 5.41) is 2.32. The number of hydrogen-bond donors (Lipinski definition) is 0. The molecule has 5 aromatic rings. The van der Waals surface area contributed by atoms with Gasteiger partial charge in [-0.25, -0.2) is 4.58 Å². The minimum Gasteiger partial charge on any atom is -0.456 e. The van der Waals surface area contributed by atoms with Crippen LogP contribution in [0, 0.1) is 5.92 Å². The van der Waals surface area contributed by atoms with Gasteiger partial charge in [-0.2, -0.15) is 0 Å². The van der Waals surface area contributed by atoms with Crippen LogP contribution in [-0.2, 0) is 0 Å². The number of rotatable bonds is 9. The van der Waals surface area contributed by atoms with E-state index in [1.807, 2.05) is 12.1 Å². The van der Waals surface area contributed by atoms with Crippen molar-refractivity contribution in [2.75, 3.05) is 11.9 Å². The van der Waals surface area contributed by atoms with Gasteiger partial charge in [-0.05, 0) is 145 Å². The average Bonchev–Trinajstić information content (AvgIpc) is 3.75. The summed E-state index contributed by atoms with van der Waals surface area (Å²) in [6, 6.07) is 35.7. The first kappa shape index (κ1) is 41.0. The molecular formula is C62H59N2O+. The van der Waals surface area contributed by atoms with Crippen LogP contribution in [0.15, 0.2) is 226 Å². The van der Waals surface area contributed by atoms with Gasteiger partial charge in [-0.3, -0.25) is 0 Å². The van der Waals surface area contributed by atoms with Crippen molar-refractivity contribution >= 4 is 38.9 Å². The quantitative estimate of drug-likeness (QED) is 0.138. The Morgan fingerprint density at radius 3 is 2.09 bits per heavy atom. The number of furan rings is 1. The van der Waals surface area contributed by atoms with Crippen molar-refractivity contribution in [2.24, 2.45) is 5.92 Å². The Bertz CT molecular complexity index is 3020. The normalized spacial score (nSPS) is 22.4. The highest BCUT2D eigenvalue weighted by molar-refractivity contribution is 6.08. The third-order valence-corrected chi connectivity index (χ3v) is 14.7. The molecule has 5 aliphatic carbocycles. The highest BCUT2D eigenvalue weighted by Gasteiger charge is 2.32. The zero-order valence-electron chi connectivity index (χ0n) is 37.7. The maximum Gasteiger partial charge on any atom is 0.207 e. The summed E-state index contributed by atoms with van der Waals surface area (Å²) >= 11 is 0. The Hall–Kier alpha value is -6.71. The molecule has 0 spiro atoms. The van der Waals surface area contributed by atoms with E-state index >= 15 is 0 Å². The van der Waals surface area contributed by atoms with E-state index in [0.717, 1.165) is 79.7 Å². The van der Waals surface area contributed by atoms with Gasteiger partial charge in [-0.15, -0.1) is 0 Å². The fraction of sp³-hybridized carbons (Fsp3) is 0.242. The van der Waals surface area contributed by atoms with Crippen molar-refractivity contribution < 1.29 is 8.99 Å². The molecule has 0 amide bonds. The van der Waals surface area contributed by atoms with Crippen LogP contribution in [-0.4, -0.2) is 29.4 Å². The highest BCUT2D eigenvalue weighted by atomic mass is 16.3. The van der Waals surface area contributed by atoms with Crippen LogP contribution in [0.2, 0.25) is 0 Å². The van der Waals surface area contributed by atoms with E-state index in [2.05, 4.69) is 193 Å². The molecule has 1 aromatic heterocycles. The van der Waals surface area contributed by atoms with Crippen molar-refractivity contribution in [3.63, 3.8) is 0 Å². The minimum absolute atomic E-state index is 0.228. The molecule has 2 heterocycles. The van der Waals surface area contributed by atoms with Gasteiger partial charge in [0.1, 0.15) is 18.2 Å². The molecule has 3 unspecified atom stereocenters. The molecular weight excluding hydrogens is 789 g/mol. The highest BCUT2D eigenvalue weighted by Crippen LogP contribution is 2.40. The SMILES string of the molecule is C[N+]1=C(C2=CCCC=C2)C=C(C2=CC=C(C3=CC=C(N(c4ccc(-c5ccc6oc7ccccc7c6c5)cc4)C4C=CC(c5ccccc5)=CC4)CC3)CC2)CCCC1C1C=CC=CC1. The molecule has 0 bridgehead atoms. The number of fused-ring (bicyclic) bond motifs is 3. The van der Waals surface area contributed by atoms with E-state index in [4.69, 9.17) is 4.42 Å². The fourth-order valence-electron chi connectivity index (χ4n) is 11.1. The number of benzene rings is 4. The van der Waals surface area contributed by atoms with Crippen LogP contribution >= 0.6 is 0 Å². The van der Waals surface area contributed by atoms with E-state index in [1.165, 1.54) is 80.1 Å². The second kappa shape index (κ2) is 18.4. The van der Waals surface area contributed by atoms with E-state index < -0.39 is 0 Å². The lowest BCUT2D eigenvalue weighted by Gasteiger charge is -2.36. The van der Waals surface area contributed by atoms with Gasteiger partial charge < -0.3 is 9.32 Å². The average molecular weight is 848 g/mol. The molecule has 4 aromatic carbocycles. The van der Waals surface area contributed by atoms with Crippen molar-refractivity contribution in [3.8, 4) is 11.1 Å². The summed E-state index contributed by atoms with van der Waals surface area (Å²) in [4.78, 5) is 2.60. The number of para-hydroxylation sites is 1. The predicted molar refractivity (Wildman–Crippen MR) is 274 cm³/mol. The lowest BCUT2D eigenvalue weighted by molar-refractivity contribution is -0.545. The van der Waals surface area contributed by atoms with Gasteiger partial charge in [0.15, 0.2) is 6.04 Å². The number of hydrogen-bond acceptors (Lipinski definition) is 2. The second-order valence-corrected chi connectivity index (χ2v) is 18.6. The second-order valence-electron chi connectivity index (χ2n) is 18.6. The van der Waals surface area contributed by atoms with E-state index in [-0.39, 0.29) is 6.04 Å². The van der Waals surface area contributed by atoms with Gasteiger partial charge in [0.2, 0.25) is 5.71 Å². The zero-order valence-corrected chi connectivity index (χ0v) is 37.7. The minimum atomic E-state index is 0.228. The molecule has 1 aliphatic heterocycles. The van der Waals surface area contributed by atoms with Gasteiger partial charge >= 0.3 is 0 Å².